The number of fused-ring (bicyclic) bond motifs is 1. The van der Waals surface area contributed by atoms with Gasteiger partial charge in [0.25, 0.3) is 17.8 Å². The van der Waals surface area contributed by atoms with Crippen LogP contribution in [0.15, 0.2) is 53.1 Å². The Kier molecular flexibility index (Phi) is 6.98. The number of nitrogens with one attached hydrogen (secondary N) is 1. The number of anilines is 2. The van der Waals surface area contributed by atoms with Gasteiger partial charge in [0.2, 0.25) is 5.76 Å². The summed E-state index contributed by atoms with van der Waals surface area (Å²) in [4.78, 5) is 37.2. The van der Waals surface area contributed by atoms with Crippen LogP contribution in [0.2, 0.25) is 5.15 Å². The maximum absolute atomic E-state index is 13.6. The normalized spacial score (nSPS) is 14.1. The van der Waals surface area contributed by atoms with E-state index in [1.54, 1.807) is 36.0 Å². The zero-order valence-electron chi connectivity index (χ0n) is 20.7. The van der Waals surface area contributed by atoms with Gasteiger partial charge in [0, 0.05) is 44.3 Å². The molecule has 4 aromatic rings. The summed E-state index contributed by atoms with van der Waals surface area (Å²) in [7, 11) is 3.59. The SMILES string of the molecule is CN(C)c1ncc(C(=O)N2CCC(c3ccc(NC(=O)c4cc5cc(F)c(F)cc5nc4Cl)cc3)CC2)o1. The van der Waals surface area contributed by atoms with Crippen LogP contribution in [0.4, 0.5) is 20.5 Å². The van der Waals surface area contributed by atoms with Crippen LogP contribution in [0, 0.1) is 11.6 Å². The van der Waals surface area contributed by atoms with Gasteiger partial charge in [0.15, 0.2) is 11.6 Å². The minimum absolute atomic E-state index is 0.0516. The molecular weight excluding hydrogens is 516 g/mol. The highest BCUT2D eigenvalue weighted by Crippen LogP contribution is 2.30. The number of oxazole rings is 1. The maximum atomic E-state index is 13.6. The lowest BCUT2D eigenvalue weighted by molar-refractivity contribution is 0.0681. The van der Waals surface area contributed by atoms with E-state index in [1.807, 2.05) is 12.1 Å². The maximum Gasteiger partial charge on any atom is 0.297 e. The molecule has 0 saturated carbocycles. The lowest BCUT2D eigenvalue weighted by atomic mass is 9.89. The van der Waals surface area contributed by atoms with Crippen molar-refractivity contribution in [2.45, 2.75) is 18.8 Å². The Morgan fingerprint density at radius 2 is 1.76 bits per heavy atom. The standard InChI is InChI=1S/C27H24ClF2N5O3/c1-34(2)27-31-14-23(38-27)26(37)35-9-7-16(8-10-35)15-3-5-18(6-4-15)32-25(36)19-11-17-12-20(29)21(30)13-22(17)33-24(19)28/h3-6,11-14,16H,7-10H2,1-2H3,(H,32,36). The van der Waals surface area contributed by atoms with E-state index >= 15 is 0 Å². The second-order valence-corrected chi connectivity index (χ2v) is 9.69. The van der Waals surface area contributed by atoms with Crippen molar-refractivity contribution in [3.05, 3.63) is 82.3 Å². The number of benzene rings is 2. The number of nitrogens with zero attached hydrogens (tertiary/aromatic N) is 4. The molecule has 1 aliphatic heterocycles. The molecule has 11 heteroatoms. The molecule has 196 valence electrons. The number of hydrogen-bond donors (Lipinski definition) is 1. The Bertz CT molecular complexity index is 1520. The monoisotopic (exact) mass is 539 g/mol. The Hall–Kier alpha value is -4.05. The molecule has 0 aliphatic carbocycles. The van der Waals surface area contributed by atoms with E-state index in [-0.39, 0.29) is 39.2 Å². The fourth-order valence-electron chi connectivity index (χ4n) is 4.48. The van der Waals surface area contributed by atoms with Gasteiger partial charge in [-0.25, -0.2) is 18.7 Å². The molecule has 0 radical (unpaired) electrons. The van der Waals surface area contributed by atoms with Crippen LogP contribution in [0.3, 0.4) is 0 Å². The summed E-state index contributed by atoms with van der Waals surface area (Å²) in [5, 5.41) is 2.92. The predicted octanol–water partition coefficient (Wildman–Crippen LogP) is 5.49. The first-order chi connectivity index (χ1) is 18.2. The molecule has 1 N–H and O–H groups in total. The molecule has 1 saturated heterocycles. The minimum Gasteiger partial charge on any atom is -0.418 e. The summed E-state index contributed by atoms with van der Waals surface area (Å²) in [6.07, 6.45) is 3.04. The molecular formula is C27H24ClF2N5O3. The highest BCUT2D eigenvalue weighted by atomic mass is 35.5. The summed E-state index contributed by atoms with van der Waals surface area (Å²) >= 11 is 6.14. The van der Waals surface area contributed by atoms with E-state index in [0.29, 0.717) is 24.8 Å². The van der Waals surface area contributed by atoms with Crippen molar-refractivity contribution in [3.63, 3.8) is 0 Å². The van der Waals surface area contributed by atoms with E-state index in [2.05, 4.69) is 15.3 Å². The molecule has 0 spiro atoms. The Labute approximate surface area is 222 Å². The minimum atomic E-state index is -1.04. The first-order valence-corrected chi connectivity index (χ1v) is 12.4. The van der Waals surface area contributed by atoms with Crippen molar-refractivity contribution in [1.82, 2.24) is 14.9 Å². The van der Waals surface area contributed by atoms with Crippen LogP contribution in [-0.4, -0.2) is 53.9 Å². The first kappa shape index (κ1) is 25.6. The molecule has 2 amide bonds. The van der Waals surface area contributed by atoms with Crippen molar-refractivity contribution in [1.29, 1.82) is 0 Å². The number of aromatic nitrogens is 2. The number of piperidine rings is 1. The van der Waals surface area contributed by atoms with E-state index in [4.69, 9.17) is 16.0 Å². The number of carbonyl (C=O) groups is 2. The smallest absolute Gasteiger partial charge is 0.297 e. The summed E-state index contributed by atoms with van der Waals surface area (Å²) < 4.78 is 32.6. The molecule has 2 aromatic heterocycles. The molecule has 5 rings (SSSR count). The van der Waals surface area contributed by atoms with E-state index in [1.165, 1.54) is 12.3 Å². The van der Waals surface area contributed by atoms with Crippen molar-refractivity contribution >= 4 is 46.0 Å². The number of carbonyl (C=O) groups excluding carboxylic acids is 2. The molecule has 8 nitrogen and oxygen atoms in total. The third-order valence-electron chi connectivity index (χ3n) is 6.56. The number of likely N-dealkylation sites (tertiary alicyclic amines) is 1. The van der Waals surface area contributed by atoms with Gasteiger partial charge in [-0.3, -0.25) is 9.59 Å². The number of pyridine rings is 1. The lowest BCUT2D eigenvalue weighted by Crippen LogP contribution is -2.37. The topological polar surface area (TPSA) is 91.6 Å². The van der Waals surface area contributed by atoms with Gasteiger partial charge in [-0.15, -0.1) is 0 Å². The average Bonchev–Trinajstić information content (AvgIpc) is 3.40. The summed E-state index contributed by atoms with van der Waals surface area (Å²) in [5.41, 5.74) is 1.86. The molecule has 1 aliphatic rings. The summed E-state index contributed by atoms with van der Waals surface area (Å²) in [6.45, 7) is 1.19. The molecule has 3 heterocycles. The molecule has 0 atom stereocenters. The first-order valence-electron chi connectivity index (χ1n) is 12.0. The number of halogens is 3. The Morgan fingerprint density at radius 1 is 1.08 bits per heavy atom. The van der Waals surface area contributed by atoms with Gasteiger partial charge < -0.3 is 19.5 Å². The van der Waals surface area contributed by atoms with Crippen LogP contribution in [0.5, 0.6) is 0 Å². The number of rotatable bonds is 5. The van der Waals surface area contributed by atoms with Crippen molar-refractivity contribution < 1.29 is 22.8 Å². The fourth-order valence-corrected chi connectivity index (χ4v) is 4.72. The zero-order chi connectivity index (χ0) is 27.0. The average molecular weight is 540 g/mol. The molecule has 0 unspecified atom stereocenters. The van der Waals surface area contributed by atoms with Crippen molar-refractivity contribution in [2.75, 3.05) is 37.4 Å². The fraction of sp³-hybridized carbons (Fsp3) is 0.259. The van der Waals surface area contributed by atoms with Crippen LogP contribution in [0.25, 0.3) is 10.9 Å². The summed E-state index contributed by atoms with van der Waals surface area (Å²) in [5.74, 6) is -2.26. The van der Waals surface area contributed by atoms with Gasteiger partial charge in [-0.1, -0.05) is 23.7 Å². The van der Waals surface area contributed by atoms with Crippen LogP contribution >= 0.6 is 11.6 Å². The summed E-state index contributed by atoms with van der Waals surface area (Å²) in [6, 6.07) is 11.1. The van der Waals surface area contributed by atoms with Gasteiger partial charge >= 0.3 is 0 Å². The largest absolute Gasteiger partial charge is 0.418 e. The third-order valence-corrected chi connectivity index (χ3v) is 6.85. The Morgan fingerprint density at radius 3 is 2.42 bits per heavy atom. The quantitative estimate of drug-likeness (QED) is 0.337. The van der Waals surface area contributed by atoms with Crippen LogP contribution in [-0.2, 0) is 0 Å². The number of hydrogen-bond acceptors (Lipinski definition) is 6. The van der Waals surface area contributed by atoms with Crippen LogP contribution < -0.4 is 10.2 Å². The van der Waals surface area contributed by atoms with Gasteiger partial charge in [-0.2, -0.15) is 0 Å². The highest BCUT2D eigenvalue weighted by Gasteiger charge is 2.27. The van der Waals surface area contributed by atoms with Crippen molar-refractivity contribution in [3.8, 4) is 0 Å². The van der Waals surface area contributed by atoms with E-state index in [9.17, 15) is 18.4 Å². The second-order valence-electron chi connectivity index (χ2n) is 9.33. The van der Waals surface area contributed by atoms with Gasteiger partial charge in [0.1, 0.15) is 5.15 Å². The van der Waals surface area contributed by atoms with Crippen molar-refractivity contribution in [2.24, 2.45) is 0 Å². The van der Waals surface area contributed by atoms with Crippen LogP contribution in [0.1, 0.15) is 45.2 Å². The number of amides is 2. The lowest BCUT2D eigenvalue weighted by Gasteiger charge is -2.31. The molecule has 38 heavy (non-hydrogen) atoms. The molecule has 0 bridgehead atoms. The second kappa shape index (κ2) is 10.4. The van der Waals surface area contributed by atoms with E-state index in [0.717, 1.165) is 30.5 Å². The molecule has 1 fully saturated rings. The third kappa shape index (κ3) is 5.17. The highest BCUT2D eigenvalue weighted by molar-refractivity contribution is 6.33. The zero-order valence-corrected chi connectivity index (χ0v) is 21.4. The molecule has 2 aromatic carbocycles. The van der Waals surface area contributed by atoms with Gasteiger partial charge in [0.05, 0.1) is 17.3 Å². The van der Waals surface area contributed by atoms with E-state index < -0.39 is 17.5 Å². The van der Waals surface area contributed by atoms with Gasteiger partial charge in [-0.05, 0) is 48.6 Å². The predicted molar refractivity (Wildman–Crippen MR) is 140 cm³/mol. The Balaban J connectivity index is 1.21.